The van der Waals surface area contributed by atoms with Gasteiger partial charge in [-0.2, -0.15) is 0 Å². The van der Waals surface area contributed by atoms with Crippen LogP contribution in [0.5, 0.6) is 0 Å². The predicted octanol–water partition coefficient (Wildman–Crippen LogP) is 2.11. The molecule has 0 saturated carbocycles. The minimum absolute atomic E-state index is 0.708. The largest absolute Gasteiger partial charge is 0.377 e. The number of rotatable bonds is 5. The molecule has 0 radical (unpaired) electrons. The van der Waals surface area contributed by atoms with Crippen molar-refractivity contribution in [3.8, 4) is 0 Å². The number of nitrogens with one attached hydrogen (secondary N) is 1. The normalized spacial score (nSPS) is 23.9. The third-order valence-corrected chi connectivity index (χ3v) is 2.47. The minimum Gasteiger partial charge on any atom is -0.377 e. The van der Waals surface area contributed by atoms with E-state index in [1.54, 1.807) is 0 Å². The molecule has 0 spiro atoms. The third kappa shape index (κ3) is 5.06. The fourth-order valence-electron chi connectivity index (χ4n) is 1.64. The maximum absolute atomic E-state index is 5.45. The lowest BCUT2D eigenvalue weighted by atomic mass is 10.0. The van der Waals surface area contributed by atoms with Crippen molar-refractivity contribution in [3.63, 3.8) is 0 Å². The maximum atomic E-state index is 5.45. The van der Waals surface area contributed by atoms with Crippen molar-refractivity contribution in [2.24, 2.45) is 0 Å². The van der Waals surface area contributed by atoms with Gasteiger partial charge in [-0.05, 0) is 32.7 Å². The zero-order valence-electron chi connectivity index (χ0n) is 8.59. The second-order valence-electron chi connectivity index (χ2n) is 3.58. The van der Waals surface area contributed by atoms with Crippen molar-refractivity contribution in [3.05, 3.63) is 12.2 Å². The van der Waals surface area contributed by atoms with Gasteiger partial charge in [0.05, 0.1) is 6.61 Å². The lowest BCUT2D eigenvalue weighted by Crippen LogP contribution is -2.34. The SMILES string of the molecule is CC=CCOCCC1CCCCN1. The Morgan fingerprint density at radius 3 is 3.08 bits per heavy atom. The summed E-state index contributed by atoms with van der Waals surface area (Å²) in [4.78, 5) is 0. The fraction of sp³-hybridized carbons (Fsp3) is 0.818. The van der Waals surface area contributed by atoms with E-state index in [1.165, 1.54) is 25.8 Å². The van der Waals surface area contributed by atoms with Crippen LogP contribution in [0.3, 0.4) is 0 Å². The van der Waals surface area contributed by atoms with Gasteiger partial charge >= 0.3 is 0 Å². The molecular weight excluding hydrogens is 162 g/mol. The van der Waals surface area contributed by atoms with Gasteiger partial charge in [-0.15, -0.1) is 0 Å². The third-order valence-electron chi connectivity index (χ3n) is 2.47. The van der Waals surface area contributed by atoms with Crippen LogP contribution in [0, 0.1) is 0 Å². The van der Waals surface area contributed by atoms with Crippen molar-refractivity contribution >= 4 is 0 Å². The highest BCUT2D eigenvalue weighted by molar-refractivity contribution is 4.76. The second kappa shape index (κ2) is 7.10. The topological polar surface area (TPSA) is 21.3 Å². The van der Waals surface area contributed by atoms with Crippen LogP contribution in [0.25, 0.3) is 0 Å². The number of hydrogen-bond acceptors (Lipinski definition) is 2. The standard InChI is InChI=1S/C11H21NO/c1-2-3-9-13-10-7-11-6-4-5-8-12-11/h2-3,11-12H,4-10H2,1H3. The number of hydrogen-bond donors (Lipinski definition) is 1. The van der Waals surface area contributed by atoms with E-state index in [4.69, 9.17) is 4.74 Å². The molecule has 0 amide bonds. The van der Waals surface area contributed by atoms with Crippen molar-refractivity contribution in [2.75, 3.05) is 19.8 Å². The van der Waals surface area contributed by atoms with Crippen LogP contribution in [0.2, 0.25) is 0 Å². The quantitative estimate of drug-likeness (QED) is 0.520. The summed E-state index contributed by atoms with van der Waals surface area (Å²) < 4.78 is 5.45. The Bertz CT molecular complexity index is 139. The summed E-state index contributed by atoms with van der Waals surface area (Å²) in [5.74, 6) is 0. The van der Waals surface area contributed by atoms with Crippen molar-refractivity contribution in [2.45, 2.75) is 38.6 Å². The number of piperidine rings is 1. The molecule has 2 heteroatoms. The molecule has 1 atom stereocenters. The molecule has 1 heterocycles. The molecule has 2 nitrogen and oxygen atoms in total. The van der Waals surface area contributed by atoms with Crippen LogP contribution in [-0.2, 0) is 4.74 Å². The van der Waals surface area contributed by atoms with Gasteiger partial charge in [0.25, 0.3) is 0 Å². The average Bonchev–Trinajstić information content (AvgIpc) is 2.19. The van der Waals surface area contributed by atoms with Crippen LogP contribution in [-0.4, -0.2) is 25.8 Å². The van der Waals surface area contributed by atoms with E-state index in [0.29, 0.717) is 6.04 Å². The van der Waals surface area contributed by atoms with Gasteiger partial charge in [-0.3, -0.25) is 0 Å². The Labute approximate surface area is 81.4 Å². The molecule has 0 aliphatic carbocycles. The molecule has 1 fully saturated rings. The molecule has 1 aliphatic rings. The van der Waals surface area contributed by atoms with E-state index in [9.17, 15) is 0 Å². The molecule has 1 aliphatic heterocycles. The van der Waals surface area contributed by atoms with Gasteiger partial charge < -0.3 is 10.1 Å². The Balaban J connectivity index is 1.92. The molecule has 0 aromatic carbocycles. The van der Waals surface area contributed by atoms with E-state index in [-0.39, 0.29) is 0 Å². The van der Waals surface area contributed by atoms with Crippen LogP contribution in [0.15, 0.2) is 12.2 Å². The summed E-state index contributed by atoms with van der Waals surface area (Å²) in [7, 11) is 0. The Hall–Kier alpha value is -0.340. The first-order valence-corrected chi connectivity index (χ1v) is 5.36. The minimum atomic E-state index is 0.708. The molecule has 1 unspecified atom stereocenters. The van der Waals surface area contributed by atoms with Crippen molar-refractivity contribution in [1.29, 1.82) is 0 Å². The summed E-state index contributed by atoms with van der Waals surface area (Å²) in [6.07, 6.45) is 9.29. The average molecular weight is 183 g/mol. The lowest BCUT2D eigenvalue weighted by Gasteiger charge is -2.22. The molecule has 0 bridgehead atoms. The van der Waals surface area contributed by atoms with Crippen LogP contribution >= 0.6 is 0 Å². The van der Waals surface area contributed by atoms with Crippen LogP contribution < -0.4 is 5.32 Å². The van der Waals surface area contributed by atoms with Crippen LogP contribution in [0.1, 0.15) is 32.6 Å². The highest BCUT2D eigenvalue weighted by atomic mass is 16.5. The van der Waals surface area contributed by atoms with E-state index in [1.807, 2.05) is 19.1 Å². The summed E-state index contributed by atoms with van der Waals surface area (Å²) in [5, 5.41) is 3.51. The molecule has 1 rings (SSSR count). The molecule has 1 N–H and O–H groups in total. The molecular formula is C11H21NO. The van der Waals surface area contributed by atoms with Gasteiger partial charge in [0.2, 0.25) is 0 Å². The molecule has 1 saturated heterocycles. The number of allylic oxidation sites excluding steroid dienone is 1. The maximum Gasteiger partial charge on any atom is 0.0647 e. The molecule has 0 aromatic rings. The highest BCUT2D eigenvalue weighted by Gasteiger charge is 2.11. The van der Waals surface area contributed by atoms with Gasteiger partial charge in [0.1, 0.15) is 0 Å². The van der Waals surface area contributed by atoms with Gasteiger partial charge in [-0.1, -0.05) is 18.6 Å². The van der Waals surface area contributed by atoms with Crippen LogP contribution in [0.4, 0.5) is 0 Å². The first-order chi connectivity index (χ1) is 6.43. The summed E-state index contributed by atoms with van der Waals surface area (Å²) in [5.41, 5.74) is 0. The second-order valence-corrected chi connectivity index (χ2v) is 3.58. The van der Waals surface area contributed by atoms with Gasteiger partial charge in [0, 0.05) is 12.6 Å². The van der Waals surface area contributed by atoms with E-state index in [2.05, 4.69) is 5.32 Å². The smallest absolute Gasteiger partial charge is 0.0647 e. The van der Waals surface area contributed by atoms with E-state index < -0.39 is 0 Å². The summed E-state index contributed by atoms with van der Waals surface area (Å²) >= 11 is 0. The Kier molecular flexibility index (Phi) is 5.87. The van der Waals surface area contributed by atoms with E-state index >= 15 is 0 Å². The summed E-state index contributed by atoms with van der Waals surface area (Å²) in [6.45, 7) is 4.87. The summed E-state index contributed by atoms with van der Waals surface area (Å²) in [6, 6.07) is 0.708. The highest BCUT2D eigenvalue weighted by Crippen LogP contribution is 2.09. The van der Waals surface area contributed by atoms with Crippen molar-refractivity contribution < 1.29 is 4.74 Å². The zero-order valence-corrected chi connectivity index (χ0v) is 8.59. The predicted molar refractivity (Wildman–Crippen MR) is 55.9 cm³/mol. The van der Waals surface area contributed by atoms with Gasteiger partial charge in [-0.25, -0.2) is 0 Å². The molecule has 0 aromatic heterocycles. The monoisotopic (exact) mass is 183 g/mol. The van der Waals surface area contributed by atoms with E-state index in [0.717, 1.165) is 19.6 Å². The fourth-order valence-corrected chi connectivity index (χ4v) is 1.64. The molecule has 76 valence electrons. The lowest BCUT2D eigenvalue weighted by molar-refractivity contribution is 0.145. The zero-order chi connectivity index (χ0) is 9.36. The van der Waals surface area contributed by atoms with Crippen molar-refractivity contribution in [1.82, 2.24) is 5.32 Å². The Morgan fingerprint density at radius 2 is 2.38 bits per heavy atom. The first-order valence-electron chi connectivity index (χ1n) is 5.36. The first kappa shape index (κ1) is 10.7. The Morgan fingerprint density at radius 1 is 1.46 bits per heavy atom. The number of ether oxygens (including phenoxy) is 1. The van der Waals surface area contributed by atoms with Gasteiger partial charge in [0.15, 0.2) is 0 Å². The molecule has 13 heavy (non-hydrogen) atoms.